The van der Waals surface area contributed by atoms with Crippen LogP contribution >= 0.6 is 11.6 Å². The summed E-state index contributed by atoms with van der Waals surface area (Å²) in [4.78, 5) is 11.3. The molecule has 0 saturated carbocycles. The van der Waals surface area contributed by atoms with Crippen molar-refractivity contribution in [3.63, 3.8) is 0 Å². The SMILES string of the molecule is O=C1NCOC1C(Cl)c1ccccc1. The van der Waals surface area contributed by atoms with Crippen LogP contribution in [-0.4, -0.2) is 18.7 Å². The highest BCUT2D eigenvalue weighted by atomic mass is 35.5. The van der Waals surface area contributed by atoms with Gasteiger partial charge in [-0.05, 0) is 5.56 Å². The predicted octanol–water partition coefficient (Wildman–Crippen LogP) is 1.44. The number of amides is 1. The molecule has 14 heavy (non-hydrogen) atoms. The van der Waals surface area contributed by atoms with Gasteiger partial charge in [0.1, 0.15) is 6.73 Å². The van der Waals surface area contributed by atoms with Gasteiger partial charge in [-0.3, -0.25) is 4.79 Å². The van der Waals surface area contributed by atoms with Crippen molar-refractivity contribution in [2.75, 3.05) is 6.73 Å². The van der Waals surface area contributed by atoms with E-state index in [4.69, 9.17) is 16.3 Å². The zero-order valence-electron chi connectivity index (χ0n) is 7.44. The smallest absolute Gasteiger partial charge is 0.252 e. The Morgan fingerprint density at radius 3 is 2.71 bits per heavy atom. The van der Waals surface area contributed by atoms with Crippen LogP contribution in [0.15, 0.2) is 30.3 Å². The molecule has 2 rings (SSSR count). The molecule has 1 saturated heterocycles. The Hall–Kier alpha value is -1.06. The van der Waals surface area contributed by atoms with Crippen LogP contribution in [0, 0.1) is 0 Å². The van der Waals surface area contributed by atoms with Crippen molar-refractivity contribution >= 4 is 17.5 Å². The molecule has 2 unspecified atom stereocenters. The molecule has 1 aliphatic rings. The molecule has 0 bridgehead atoms. The summed E-state index contributed by atoms with van der Waals surface area (Å²) < 4.78 is 5.19. The number of alkyl halides is 1. The van der Waals surface area contributed by atoms with Crippen LogP contribution < -0.4 is 5.32 Å². The number of ether oxygens (including phenoxy) is 1. The molecule has 1 aliphatic heterocycles. The lowest BCUT2D eigenvalue weighted by Gasteiger charge is -2.13. The van der Waals surface area contributed by atoms with Crippen LogP contribution in [0.1, 0.15) is 10.9 Å². The second kappa shape index (κ2) is 3.98. The molecule has 1 fully saturated rings. The van der Waals surface area contributed by atoms with Crippen LogP contribution in [0.25, 0.3) is 0 Å². The molecular weight excluding hydrogens is 202 g/mol. The van der Waals surface area contributed by atoms with Gasteiger partial charge in [-0.1, -0.05) is 30.3 Å². The Bertz CT molecular complexity index is 328. The Morgan fingerprint density at radius 2 is 2.14 bits per heavy atom. The van der Waals surface area contributed by atoms with Crippen LogP contribution in [0.5, 0.6) is 0 Å². The van der Waals surface area contributed by atoms with E-state index in [-0.39, 0.29) is 12.6 Å². The summed E-state index contributed by atoms with van der Waals surface area (Å²) in [5.41, 5.74) is 0.899. The van der Waals surface area contributed by atoms with Gasteiger partial charge in [-0.2, -0.15) is 0 Å². The molecule has 1 heterocycles. The number of carbonyl (C=O) groups excluding carboxylic acids is 1. The summed E-state index contributed by atoms with van der Waals surface area (Å²) in [6, 6.07) is 9.44. The van der Waals surface area contributed by atoms with E-state index >= 15 is 0 Å². The first kappa shape index (κ1) is 9.49. The summed E-state index contributed by atoms with van der Waals surface area (Å²) >= 11 is 6.12. The Kier molecular flexibility index (Phi) is 2.70. The number of hydrogen-bond donors (Lipinski definition) is 1. The van der Waals surface area contributed by atoms with Gasteiger partial charge in [-0.15, -0.1) is 11.6 Å². The maximum Gasteiger partial charge on any atom is 0.252 e. The van der Waals surface area contributed by atoms with E-state index in [1.54, 1.807) is 0 Å². The minimum Gasteiger partial charge on any atom is -0.346 e. The zero-order valence-corrected chi connectivity index (χ0v) is 8.20. The summed E-state index contributed by atoms with van der Waals surface area (Å²) in [6.45, 7) is 0.250. The maximum atomic E-state index is 11.3. The van der Waals surface area contributed by atoms with Gasteiger partial charge < -0.3 is 10.1 Å². The van der Waals surface area contributed by atoms with Crippen LogP contribution in [-0.2, 0) is 9.53 Å². The van der Waals surface area contributed by atoms with E-state index in [1.807, 2.05) is 30.3 Å². The molecule has 0 aromatic heterocycles. The predicted molar refractivity (Wildman–Crippen MR) is 52.9 cm³/mol. The minimum atomic E-state index is -0.570. The number of carbonyl (C=O) groups is 1. The normalized spacial score (nSPS) is 23.2. The number of benzene rings is 1. The molecule has 3 nitrogen and oxygen atoms in total. The van der Waals surface area contributed by atoms with E-state index in [1.165, 1.54) is 0 Å². The highest BCUT2D eigenvalue weighted by Gasteiger charge is 2.32. The third-order valence-electron chi connectivity index (χ3n) is 2.15. The lowest BCUT2D eigenvalue weighted by Crippen LogP contribution is -2.26. The fraction of sp³-hybridized carbons (Fsp3) is 0.300. The Balaban J connectivity index is 2.16. The summed E-state index contributed by atoms with van der Waals surface area (Å²) in [5, 5.41) is 2.16. The fourth-order valence-corrected chi connectivity index (χ4v) is 1.74. The quantitative estimate of drug-likeness (QED) is 0.752. The third kappa shape index (κ3) is 1.74. The first-order chi connectivity index (χ1) is 6.79. The average molecular weight is 212 g/mol. The number of halogens is 1. The van der Waals surface area contributed by atoms with Crippen molar-refractivity contribution in [2.24, 2.45) is 0 Å². The molecule has 0 aliphatic carbocycles. The molecule has 4 heteroatoms. The van der Waals surface area contributed by atoms with E-state index in [2.05, 4.69) is 5.32 Å². The van der Waals surface area contributed by atoms with Gasteiger partial charge in [0, 0.05) is 0 Å². The minimum absolute atomic E-state index is 0.145. The first-order valence-electron chi connectivity index (χ1n) is 4.37. The van der Waals surface area contributed by atoms with Gasteiger partial charge in [-0.25, -0.2) is 0 Å². The van der Waals surface area contributed by atoms with Crippen molar-refractivity contribution in [1.82, 2.24) is 5.32 Å². The lowest BCUT2D eigenvalue weighted by atomic mass is 10.1. The number of hydrogen-bond acceptors (Lipinski definition) is 2. The van der Waals surface area contributed by atoms with Gasteiger partial charge >= 0.3 is 0 Å². The fourth-order valence-electron chi connectivity index (χ4n) is 1.41. The largest absolute Gasteiger partial charge is 0.346 e. The Labute approximate surface area is 87.0 Å². The van der Waals surface area contributed by atoms with Crippen molar-refractivity contribution in [1.29, 1.82) is 0 Å². The van der Waals surface area contributed by atoms with Gasteiger partial charge in [0.2, 0.25) is 0 Å². The van der Waals surface area contributed by atoms with Crippen molar-refractivity contribution in [3.8, 4) is 0 Å². The van der Waals surface area contributed by atoms with E-state index in [9.17, 15) is 4.79 Å². The van der Waals surface area contributed by atoms with Crippen molar-refractivity contribution in [3.05, 3.63) is 35.9 Å². The molecule has 0 spiro atoms. The molecule has 74 valence electrons. The topological polar surface area (TPSA) is 38.3 Å². The van der Waals surface area contributed by atoms with E-state index < -0.39 is 11.5 Å². The molecule has 0 radical (unpaired) electrons. The molecule has 1 aromatic rings. The molecular formula is C10H10ClNO2. The van der Waals surface area contributed by atoms with Gasteiger partial charge in [0.25, 0.3) is 5.91 Å². The van der Waals surface area contributed by atoms with Gasteiger partial charge in [0.15, 0.2) is 6.10 Å². The zero-order chi connectivity index (χ0) is 9.97. The monoisotopic (exact) mass is 211 g/mol. The number of nitrogens with one attached hydrogen (secondary N) is 1. The summed E-state index contributed by atoms with van der Waals surface area (Å²) in [7, 11) is 0. The van der Waals surface area contributed by atoms with E-state index in [0.717, 1.165) is 5.56 Å². The second-order valence-corrected chi connectivity index (χ2v) is 3.56. The van der Waals surface area contributed by atoms with Gasteiger partial charge in [0.05, 0.1) is 5.38 Å². The second-order valence-electron chi connectivity index (χ2n) is 3.09. The number of rotatable bonds is 2. The maximum absolute atomic E-state index is 11.3. The molecule has 1 amide bonds. The summed E-state index contributed by atoms with van der Waals surface area (Å²) in [5.74, 6) is -0.145. The summed E-state index contributed by atoms with van der Waals surface area (Å²) in [6.07, 6.45) is -0.570. The van der Waals surface area contributed by atoms with Crippen molar-refractivity contribution < 1.29 is 9.53 Å². The molecule has 1 N–H and O–H groups in total. The third-order valence-corrected chi connectivity index (χ3v) is 2.63. The Morgan fingerprint density at radius 1 is 1.43 bits per heavy atom. The van der Waals surface area contributed by atoms with Crippen molar-refractivity contribution in [2.45, 2.75) is 11.5 Å². The molecule has 2 atom stereocenters. The highest BCUT2D eigenvalue weighted by molar-refractivity contribution is 6.22. The highest BCUT2D eigenvalue weighted by Crippen LogP contribution is 2.27. The lowest BCUT2D eigenvalue weighted by molar-refractivity contribution is -0.123. The first-order valence-corrected chi connectivity index (χ1v) is 4.81. The average Bonchev–Trinajstić information content (AvgIpc) is 2.65. The van der Waals surface area contributed by atoms with Crippen LogP contribution in [0.2, 0.25) is 0 Å². The molecule has 1 aromatic carbocycles. The standard InChI is InChI=1S/C10H10ClNO2/c11-8(7-4-2-1-3-5-7)9-10(13)12-6-14-9/h1-5,8-9H,6H2,(H,12,13). The van der Waals surface area contributed by atoms with Crippen LogP contribution in [0.4, 0.5) is 0 Å². The van der Waals surface area contributed by atoms with E-state index in [0.29, 0.717) is 0 Å². The van der Waals surface area contributed by atoms with Crippen LogP contribution in [0.3, 0.4) is 0 Å².